The second kappa shape index (κ2) is 6.47. The number of hydrogen-bond acceptors (Lipinski definition) is 3. The van der Waals surface area contributed by atoms with Crippen LogP contribution in [0.15, 0.2) is 42.9 Å². The number of nitrogens with zero attached hydrogens (tertiary/aromatic N) is 4. The average molecular weight is 323 g/mol. The van der Waals surface area contributed by atoms with Crippen LogP contribution in [0.2, 0.25) is 0 Å². The van der Waals surface area contributed by atoms with Gasteiger partial charge in [0.05, 0.1) is 17.4 Å². The zero-order chi connectivity index (χ0) is 16.4. The monoisotopic (exact) mass is 323 g/mol. The molecule has 6 nitrogen and oxygen atoms in total. The molecule has 0 radical (unpaired) electrons. The molecule has 0 unspecified atom stereocenters. The maximum Gasteiger partial charge on any atom is 0.224 e. The molecule has 2 aromatic heterocycles. The lowest BCUT2D eigenvalue weighted by atomic mass is 9.95. The second-order valence-electron chi connectivity index (χ2n) is 6.37. The van der Waals surface area contributed by atoms with Gasteiger partial charge in [0.1, 0.15) is 0 Å². The number of aryl methyl sites for hydroxylation is 1. The Morgan fingerprint density at radius 1 is 1.29 bits per heavy atom. The Balaban J connectivity index is 1.39. The lowest BCUT2D eigenvalue weighted by Crippen LogP contribution is -2.39. The van der Waals surface area contributed by atoms with Gasteiger partial charge in [0.25, 0.3) is 0 Å². The third-order valence-corrected chi connectivity index (χ3v) is 4.83. The van der Waals surface area contributed by atoms with Crippen molar-refractivity contribution in [2.75, 3.05) is 13.1 Å². The fraction of sp³-hybridized carbons (Fsp3) is 0.389. The van der Waals surface area contributed by atoms with E-state index < -0.39 is 0 Å². The molecule has 0 aliphatic carbocycles. The second-order valence-corrected chi connectivity index (χ2v) is 6.37. The zero-order valence-corrected chi connectivity index (χ0v) is 13.6. The summed E-state index contributed by atoms with van der Waals surface area (Å²) < 4.78 is 2.06. The number of aromatic amines is 1. The molecule has 1 fully saturated rings. The minimum absolute atomic E-state index is 0.219. The van der Waals surface area contributed by atoms with Gasteiger partial charge in [-0.3, -0.25) is 9.89 Å². The van der Waals surface area contributed by atoms with E-state index in [-0.39, 0.29) is 5.91 Å². The van der Waals surface area contributed by atoms with Gasteiger partial charge < -0.3 is 9.47 Å². The van der Waals surface area contributed by atoms with Crippen molar-refractivity contribution in [3.63, 3.8) is 0 Å². The molecule has 1 aliphatic heterocycles. The predicted octanol–water partition coefficient (Wildman–Crippen LogP) is 2.56. The van der Waals surface area contributed by atoms with Gasteiger partial charge in [0.15, 0.2) is 0 Å². The zero-order valence-electron chi connectivity index (χ0n) is 13.6. The van der Waals surface area contributed by atoms with Crippen LogP contribution < -0.4 is 0 Å². The number of benzene rings is 1. The van der Waals surface area contributed by atoms with Crippen LogP contribution in [0.4, 0.5) is 0 Å². The minimum atomic E-state index is 0.219. The summed E-state index contributed by atoms with van der Waals surface area (Å²) in [5, 5.41) is 7.07. The molecular weight excluding hydrogens is 302 g/mol. The first-order chi connectivity index (χ1) is 11.8. The van der Waals surface area contributed by atoms with Crippen molar-refractivity contribution in [2.24, 2.45) is 0 Å². The smallest absolute Gasteiger partial charge is 0.224 e. The lowest BCUT2D eigenvalue weighted by Gasteiger charge is -2.32. The van der Waals surface area contributed by atoms with Crippen molar-refractivity contribution in [3.05, 3.63) is 48.5 Å². The van der Waals surface area contributed by atoms with E-state index in [9.17, 15) is 4.79 Å². The number of amides is 1. The minimum Gasteiger partial charge on any atom is -0.342 e. The van der Waals surface area contributed by atoms with Crippen LogP contribution in [0.3, 0.4) is 0 Å². The maximum absolute atomic E-state index is 12.6. The third kappa shape index (κ3) is 2.91. The molecule has 1 aromatic carbocycles. The van der Waals surface area contributed by atoms with Crippen molar-refractivity contribution in [1.29, 1.82) is 0 Å². The van der Waals surface area contributed by atoms with Gasteiger partial charge in [-0.15, -0.1) is 0 Å². The van der Waals surface area contributed by atoms with Crippen molar-refractivity contribution in [1.82, 2.24) is 24.6 Å². The van der Waals surface area contributed by atoms with E-state index in [2.05, 4.69) is 19.7 Å². The number of rotatable bonds is 4. The number of para-hydroxylation sites is 2. The fourth-order valence-corrected chi connectivity index (χ4v) is 3.51. The van der Waals surface area contributed by atoms with E-state index in [1.807, 2.05) is 41.6 Å². The molecule has 0 spiro atoms. The van der Waals surface area contributed by atoms with E-state index in [4.69, 9.17) is 0 Å². The normalized spacial score (nSPS) is 18.2. The van der Waals surface area contributed by atoms with Crippen LogP contribution in [-0.4, -0.2) is 43.6 Å². The summed E-state index contributed by atoms with van der Waals surface area (Å²) in [6, 6.07) is 10.0. The molecule has 4 rings (SSSR count). The highest BCUT2D eigenvalue weighted by Gasteiger charge is 2.25. The molecule has 1 amide bonds. The molecular formula is C18H21N5O. The Labute approximate surface area is 140 Å². The van der Waals surface area contributed by atoms with Crippen LogP contribution in [0.1, 0.15) is 30.9 Å². The highest BCUT2D eigenvalue weighted by atomic mass is 16.2. The van der Waals surface area contributed by atoms with Gasteiger partial charge in [-0.1, -0.05) is 12.1 Å². The number of carbonyl (C=O) groups is 1. The first-order valence-corrected chi connectivity index (χ1v) is 8.48. The van der Waals surface area contributed by atoms with Crippen LogP contribution >= 0.6 is 0 Å². The molecule has 6 heteroatoms. The number of nitrogens with one attached hydrogen (secondary N) is 1. The van der Waals surface area contributed by atoms with Crippen LogP contribution in [0.5, 0.6) is 0 Å². The van der Waals surface area contributed by atoms with E-state index in [0.29, 0.717) is 18.9 Å². The largest absolute Gasteiger partial charge is 0.342 e. The molecule has 0 bridgehead atoms. The van der Waals surface area contributed by atoms with Crippen LogP contribution in [-0.2, 0) is 11.3 Å². The topological polar surface area (TPSA) is 66.8 Å². The van der Waals surface area contributed by atoms with Crippen molar-refractivity contribution in [3.8, 4) is 0 Å². The highest BCUT2D eigenvalue weighted by Crippen LogP contribution is 2.25. The van der Waals surface area contributed by atoms with E-state index in [0.717, 1.165) is 42.7 Å². The van der Waals surface area contributed by atoms with Gasteiger partial charge >= 0.3 is 0 Å². The van der Waals surface area contributed by atoms with Crippen LogP contribution in [0.25, 0.3) is 11.0 Å². The SMILES string of the molecule is O=C(CCn1cnc2ccccc21)N1CCC[C@@H](c2ccn[nH]2)C1. The Hall–Kier alpha value is -2.63. The Morgan fingerprint density at radius 3 is 3.08 bits per heavy atom. The number of carbonyl (C=O) groups excluding carboxylic acids is 1. The number of hydrogen-bond donors (Lipinski definition) is 1. The van der Waals surface area contributed by atoms with Gasteiger partial charge in [-0.2, -0.15) is 5.10 Å². The van der Waals surface area contributed by atoms with Crippen molar-refractivity contribution < 1.29 is 4.79 Å². The summed E-state index contributed by atoms with van der Waals surface area (Å²) in [6.07, 6.45) is 6.26. The molecule has 1 aliphatic rings. The number of aromatic nitrogens is 4. The van der Waals surface area contributed by atoms with Gasteiger partial charge in [-0.25, -0.2) is 4.98 Å². The van der Waals surface area contributed by atoms with Crippen LogP contribution in [0, 0.1) is 0 Å². The van der Waals surface area contributed by atoms with Gasteiger partial charge in [-0.05, 0) is 31.0 Å². The predicted molar refractivity (Wildman–Crippen MR) is 91.5 cm³/mol. The average Bonchev–Trinajstić information content (AvgIpc) is 3.30. The standard InChI is InChI=1S/C18H21N5O/c24-18(8-11-23-13-19-16-5-1-2-6-17(16)23)22-10-3-4-14(12-22)15-7-9-20-21-15/h1-2,5-7,9,13-14H,3-4,8,10-12H2,(H,20,21)/t14-/m1/s1. The molecule has 1 N–H and O–H groups in total. The van der Waals surface area contributed by atoms with E-state index >= 15 is 0 Å². The van der Waals surface area contributed by atoms with E-state index in [1.54, 1.807) is 6.20 Å². The number of likely N-dealkylation sites (tertiary alicyclic amines) is 1. The quantitative estimate of drug-likeness (QED) is 0.802. The first-order valence-electron chi connectivity index (χ1n) is 8.48. The van der Waals surface area contributed by atoms with E-state index in [1.165, 1.54) is 0 Å². The number of imidazole rings is 1. The molecule has 3 heterocycles. The fourth-order valence-electron chi connectivity index (χ4n) is 3.51. The summed E-state index contributed by atoms with van der Waals surface area (Å²) in [7, 11) is 0. The molecule has 0 saturated carbocycles. The number of fused-ring (bicyclic) bond motifs is 1. The Bertz CT molecular complexity index is 823. The molecule has 3 aromatic rings. The number of piperidine rings is 1. The summed E-state index contributed by atoms with van der Waals surface area (Å²) in [6.45, 7) is 2.31. The highest BCUT2D eigenvalue weighted by molar-refractivity contribution is 5.77. The third-order valence-electron chi connectivity index (χ3n) is 4.83. The first kappa shape index (κ1) is 14.9. The van der Waals surface area contributed by atoms with Gasteiger partial charge in [0, 0.05) is 43.9 Å². The van der Waals surface area contributed by atoms with Crippen molar-refractivity contribution >= 4 is 16.9 Å². The Morgan fingerprint density at radius 2 is 2.21 bits per heavy atom. The molecule has 1 atom stereocenters. The summed E-state index contributed by atoms with van der Waals surface area (Å²) >= 11 is 0. The summed E-state index contributed by atoms with van der Waals surface area (Å²) in [5.74, 6) is 0.594. The summed E-state index contributed by atoms with van der Waals surface area (Å²) in [4.78, 5) is 19.0. The summed E-state index contributed by atoms with van der Waals surface area (Å²) in [5.41, 5.74) is 3.19. The Kier molecular flexibility index (Phi) is 4.02. The number of H-pyrrole nitrogens is 1. The maximum atomic E-state index is 12.6. The van der Waals surface area contributed by atoms with Crippen molar-refractivity contribution in [2.45, 2.75) is 31.7 Å². The molecule has 124 valence electrons. The lowest BCUT2D eigenvalue weighted by molar-refractivity contribution is -0.132. The van der Waals surface area contributed by atoms with Gasteiger partial charge in [0.2, 0.25) is 5.91 Å². The molecule has 24 heavy (non-hydrogen) atoms. The molecule has 1 saturated heterocycles.